The molecule has 0 aliphatic carbocycles. The van der Waals surface area contributed by atoms with Crippen LogP contribution in [0.3, 0.4) is 0 Å². The average Bonchev–Trinajstić information content (AvgIpc) is 2.52. The van der Waals surface area contributed by atoms with E-state index in [9.17, 15) is 9.59 Å². The number of aliphatic carboxylic acids is 2. The molecule has 0 aromatic heterocycles. The molecule has 0 bridgehead atoms. The van der Waals surface area contributed by atoms with Gasteiger partial charge in [-0.05, 0) is 37.1 Å². The number of hydrogen-bond acceptors (Lipinski definition) is 7. The quantitative estimate of drug-likeness (QED) is 0.306. The summed E-state index contributed by atoms with van der Waals surface area (Å²) in [7, 11) is 0. The van der Waals surface area contributed by atoms with Gasteiger partial charge in [0, 0.05) is 12.2 Å². The Morgan fingerprint density at radius 2 is 1.70 bits per heavy atom. The summed E-state index contributed by atoms with van der Waals surface area (Å²) < 4.78 is 0. The molecular formula is C14H23N3O6. The van der Waals surface area contributed by atoms with Gasteiger partial charge in [-0.15, -0.1) is 0 Å². The van der Waals surface area contributed by atoms with Crippen LogP contribution >= 0.6 is 0 Å². The van der Waals surface area contributed by atoms with Crippen molar-refractivity contribution < 1.29 is 30.0 Å². The van der Waals surface area contributed by atoms with Crippen LogP contribution in [0.15, 0.2) is 24.3 Å². The zero-order valence-corrected chi connectivity index (χ0v) is 12.6. The van der Waals surface area contributed by atoms with Gasteiger partial charge in [-0.25, -0.2) is 0 Å². The van der Waals surface area contributed by atoms with E-state index >= 15 is 0 Å². The topological polar surface area (TPSA) is 179 Å². The third kappa shape index (κ3) is 10.9. The van der Waals surface area contributed by atoms with E-state index in [1.807, 2.05) is 0 Å². The van der Waals surface area contributed by atoms with E-state index in [0.717, 1.165) is 0 Å². The molecule has 23 heavy (non-hydrogen) atoms. The van der Waals surface area contributed by atoms with E-state index in [1.165, 1.54) is 12.1 Å². The molecule has 0 fully saturated rings. The predicted octanol–water partition coefficient (Wildman–Crippen LogP) is -0.613. The Bertz CT molecular complexity index is 480. The van der Waals surface area contributed by atoms with Crippen LogP contribution in [-0.4, -0.2) is 57.6 Å². The number of aliphatic hydroxyl groups excluding tert-OH is 1. The summed E-state index contributed by atoms with van der Waals surface area (Å²) in [5, 5.41) is 37.1. The van der Waals surface area contributed by atoms with Crippen LogP contribution < -0.4 is 16.8 Å². The van der Waals surface area contributed by atoms with Crippen molar-refractivity contribution in [2.75, 3.05) is 18.4 Å². The average molecular weight is 329 g/mol. The molecule has 2 atom stereocenters. The molecular weight excluding hydrogens is 306 g/mol. The minimum absolute atomic E-state index is 0.120. The van der Waals surface area contributed by atoms with Crippen LogP contribution in [0.25, 0.3) is 0 Å². The third-order valence-electron chi connectivity index (χ3n) is 2.71. The molecule has 0 radical (unpaired) electrons. The Labute approximate surface area is 133 Å². The Morgan fingerprint density at radius 1 is 1.13 bits per heavy atom. The van der Waals surface area contributed by atoms with Crippen molar-refractivity contribution in [2.45, 2.75) is 25.0 Å². The van der Waals surface area contributed by atoms with E-state index in [-0.39, 0.29) is 25.3 Å². The fourth-order valence-electron chi connectivity index (χ4n) is 1.37. The van der Waals surface area contributed by atoms with Crippen molar-refractivity contribution in [3.8, 4) is 5.75 Å². The minimum atomic E-state index is -1.05. The zero-order valence-electron chi connectivity index (χ0n) is 12.6. The third-order valence-corrected chi connectivity index (χ3v) is 2.71. The van der Waals surface area contributed by atoms with Gasteiger partial charge in [-0.2, -0.15) is 0 Å². The number of aromatic hydroxyl groups is 1. The number of rotatable bonds is 8. The van der Waals surface area contributed by atoms with Crippen molar-refractivity contribution >= 4 is 17.6 Å². The van der Waals surface area contributed by atoms with Crippen LogP contribution in [0.5, 0.6) is 5.75 Å². The SMILES string of the molecule is NCC(O)CCC(N)C(=O)O.O=C(O)CNc1ccc(O)cc1. The first kappa shape index (κ1) is 20.6. The Kier molecular flexibility index (Phi) is 10.1. The molecule has 0 spiro atoms. The van der Waals surface area contributed by atoms with Crippen molar-refractivity contribution in [1.29, 1.82) is 0 Å². The van der Waals surface area contributed by atoms with E-state index in [4.69, 9.17) is 31.9 Å². The zero-order chi connectivity index (χ0) is 17.8. The van der Waals surface area contributed by atoms with E-state index in [2.05, 4.69) is 5.32 Å². The molecule has 1 aromatic carbocycles. The van der Waals surface area contributed by atoms with Gasteiger partial charge in [0.15, 0.2) is 0 Å². The fourth-order valence-corrected chi connectivity index (χ4v) is 1.37. The summed E-state index contributed by atoms with van der Waals surface area (Å²) in [6.45, 7) is 0.0249. The van der Waals surface area contributed by atoms with Crippen LogP contribution in [0.1, 0.15) is 12.8 Å². The molecule has 9 nitrogen and oxygen atoms in total. The molecule has 0 amide bonds. The summed E-state index contributed by atoms with van der Waals surface area (Å²) in [6, 6.07) is 5.31. The van der Waals surface area contributed by atoms with Gasteiger partial charge in [0.2, 0.25) is 0 Å². The lowest BCUT2D eigenvalue weighted by Crippen LogP contribution is -2.32. The summed E-state index contributed by atoms with van der Waals surface area (Å²) >= 11 is 0. The summed E-state index contributed by atoms with van der Waals surface area (Å²) in [5.41, 5.74) is 10.9. The van der Waals surface area contributed by atoms with Gasteiger partial charge in [0.1, 0.15) is 18.3 Å². The number of nitrogens with two attached hydrogens (primary N) is 2. The Balaban J connectivity index is 0.000000423. The monoisotopic (exact) mass is 329 g/mol. The number of phenolic OH excluding ortho intramolecular Hbond substituents is 1. The Morgan fingerprint density at radius 3 is 2.13 bits per heavy atom. The number of carboxylic acid groups (broad SMARTS) is 2. The molecule has 1 aromatic rings. The number of phenols is 1. The van der Waals surface area contributed by atoms with E-state index in [0.29, 0.717) is 12.1 Å². The van der Waals surface area contributed by atoms with Crippen LogP contribution in [0, 0.1) is 0 Å². The second-order valence-electron chi connectivity index (χ2n) is 4.71. The lowest BCUT2D eigenvalue weighted by atomic mass is 10.1. The molecule has 9 N–H and O–H groups in total. The van der Waals surface area contributed by atoms with Crippen LogP contribution in [-0.2, 0) is 9.59 Å². The maximum absolute atomic E-state index is 10.2. The lowest BCUT2D eigenvalue weighted by Gasteiger charge is -2.09. The molecule has 130 valence electrons. The number of benzene rings is 1. The molecule has 0 heterocycles. The van der Waals surface area contributed by atoms with Crippen molar-refractivity contribution in [3.63, 3.8) is 0 Å². The number of carbonyl (C=O) groups is 2. The number of nitrogens with one attached hydrogen (secondary N) is 1. The van der Waals surface area contributed by atoms with E-state index < -0.39 is 24.1 Å². The van der Waals surface area contributed by atoms with Crippen LogP contribution in [0.4, 0.5) is 5.69 Å². The highest BCUT2D eigenvalue weighted by molar-refractivity contribution is 5.73. The molecule has 0 saturated heterocycles. The summed E-state index contributed by atoms with van der Waals surface area (Å²) in [5.74, 6) is -1.80. The van der Waals surface area contributed by atoms with Crippen molar-refractivity contribution in [3.05, 3.63) is 24.3 Å². The molecule has 1 rings (SSSR count). The van der Waals surface area contributed by atoms with Gasteiger partial charge < -0.3 is 37.2 Å². The standard InChI is InChI=1S/C8H9NO3.C6H14N2O3/c10-7-3-1-6(2-4-7)9-5-8(11)12;7-3-4(9)1-2-5(8)6(10)11/h1-4,9-10H,5H2,(H,11,12);4-5,9H,1-3,7-8H2,(H,10,11). The highest BCUT2D eigenvalue weighted by Crippen LogP contribution is 2.12. The van der Waals surface area contributed by atoms with Crippen molar-refractivity contribution in [1.82, 2.24) is 0 Å². The first-order valence-corrected chi connectivity index (χ1v) is 6.87. The smallest absolute Gasteiger partial charge is 0.322 e. The first-order valence-electron chi connectivity index (χ1n) is 6.87. The van der Waals surface area contributed by atoms with Gasteiger partial charge >= 0.3 is 11.9 Å². The number of aliphatic hydroxyl groups is 1. The predicted molar refractivity (Wildman–Crippen MR) is 84.1 cm³/mol. The van der Waals surface area contributed by atoms with Gasteiger partial charge in [0.05, 0.1) is 6.10 Å². The summed E-state index contributed by atoms with van der Waals surface area (Å²) in [4.78, 5) is 20.3. The van der Waals surface area contributed by atoms with Crippen molar-refractivity contribution in [2.24, 2.45) is 11.5 Å². The highest BCUT2D eigenvalue weighted by Gasteiger charge is 2.12. The fraction of sp³-hybridized carbons (Fsp3) is 0.429. The summed E-state index contributed by atoms with van der Waals surface area (Å²) in [6.07, 6.45) is -0.0436. The first-order chi connectivity index (χ1) is 10.8. The van der Waals surface area contributed by atoms with Gasteiger partial charge in [-0.3, -0.25) is 9.59 Å². The number of carboxylic acids is 2. The van der Waals surface area contributed by atoms with Crippen LogP contribution in [0.2, 0.25) is 0 Å². The molecule has 0 saturated carbocycles. The second-order valence-corrected chi connectivity index (χ2v) is 4.71. The largest absolute Gasteiger partial charge is 0.508 e. The normalized spacial score (nSPS) is 12.5. The maximum atomic E-state index is 10.2. The maximum Gasteiger partial charge on any atom is 0.322 e. The number of anilines is 1. The molecule has 0 aliphatic rings. The lowest BCUT2D eigenvalue weighted by molar-refractivity contribution is -0.139. The molecule has 0 aliphatic heterocycles. The van der Waals surface area contributed by atoms with Gasteiger partial charge in [0.25, 0.3) is 0 Å². The number of hydrogen-bond donors (Lipinski definition) is 7. The Hall–Kier alpha value is -2.36. The molecule has 2 unspecified atom stereocenters. The van der Waals surface area contributed by atoms with Gasteiger partial charge in [-0.1, -0.05) is 0 Å². The van der Waals surface area contributed by atoms with E-state index in [1.54, 1.807) is 12.1 Å². The highest BCUT2D eigenvalue weighted by atomic mass is 16.4. The molecule has 9 heteroatoms. The minimum Gasteiger partial charge on any atom is -0.508 e. The second kappa shape index (κ2) is 11.2.